The first-order valence-corrected chi connectivity index (χ1v) is 7.64. The van der Waals surface area contributed by atoms with Crippen LogP contribution in [0.4, 0.5) is 5.69 Å². The molecule has 0 spiro atoms. The van der Waals surface area contributed by atoms with E-state index < -0.39 is 9.75 Å². The van der Waals surface area contributed by atoms with E-state index >= 15 is 0 Å². The van der Waals surface area contributed by atoms with Crippen LogP contribution in [0.2, 0.25) is 0 Å². The van der Waals surface area contributed by atoms with Crippen molar-refractivity contribution in [3.63, 3.8) is 0 Å². The molecular weight excluding hydrogens is 321 g/mol. The van der Waals surface area contributed by atoms with Gasteiger partial charge in [-0.3, -0.25) is 4.79 Å². The molecule has 2 aromatic carbocycles. The van der Waals surface area contributed by atoms with E-state index in [9.17, 15) is 4.79 Å². The van der Waals surface area contributed by atoms with E-state index in [1.807, 2.05) is 42.5 Å². The highest BCUT2D eigenvalue weighted by atomic mass is 35.5. The van der Waals surface area contributed by atoms with Gasteiger partial charge in [0.2, 0.25) is 5.91 Å². The van der Waals surface area contributed by atoms with Crippen molar-refractivity contribution in [2.45, 2.75) is 16.2 Å². The second-order valence-corrected chi connectivity index (χ2v) is 6.82. The lowest BCUT2D eigenvalue weighted by atomic mass is 9.94. The smallest absolute Gasteiger partial charge is 0.238 e. The number of hydrogen-bond donors (Lipinski definition) is 1. The molecule has 1 saturated carbocycles. The number of methoxy groups -OCH3 is 1. The molecule has 0 heterocycles. The Morgan fingerprint density at radius 2 is 1.82 bits per heavy atom. The van der Waals surface area contributed by atoms with Gasteiger partial charge in [-0.25, -0.2) is 0 Å². The molecule has 1 aliphatic rings. The van der Waals surface area contributed by atoms with Crippen molar-refractivity contribution < 1.29 is 9.53 Å². The van der Waals surface area contributed by atoms with Crippen LogP contribution in [0.25, 0.3) is 0 Å². The Labute approximate surface area is 139 Å². The number of benzene rings is 2. The van der Waals surface area contributed by atoms with Crippen LogP contribution in [-0.4, -0.2) is 17.4 Å². The Morgan fingerprint density at radius 3 is 2.41 bits per heavy atom. The fourth-order valence-corrected chi connectivity index (χ4v) is 3.43. The van der Waals surface area contributed by atoms with Crippen molar-refractivity contribution in [3.05, 3.63) is 60.2 Å². The second kappa shape index (κ2) is 5.49. The van der Waals surface area contributed by atoms with Gasteiger partial charge in [-0.2, -0.15) is 0 Å². The van der Waals surface area contributed by atoms with Crippen molar-refractivity contribution in [3.8, 4) is 5.75 Å². The predicted octanol–water partition coefficient (Wildman–Crippen LogP) is 4.15. The fraction of sp³-hybridized carbons (Fsp3) is 0.235. The van der Waals surface area contributed by atoms with Gasteiger partial charge in [0, 0.05) is 18.2 Å². The minimum Gasteiger partial charge on any atom is -0.497 e. The summed E-state index contributed by atoms with van der Waals surface area (Å²) < 4.78 is 4.07. The number of carbonyl (C=O) groups is 1. The highest BCUT2D eigenvalue weighted by Gasteiger charge is 2.72. The maximum Gasteiger partial charge on any atom is 0.238 e. The van der Waals surface area contributed by atoms with Gasteiger partial charge in [0.25, 0.3) is 0 Å². The summed E-state index contributed by atoms with van der Waals surface area (Å²) in [5.74, 6) is 0.460. The molecule has 0 saturated heterocycles. The Balaban J connectivity index is 1.89. The van der Waals surface area contributed by atoms with Gasteiger partial charge >= 0.3 is 0 Å². The number of hydrogen-bond acceptors (Lipinski definition) is 2. The summed E-state index contributed by atoms with van der Waals surface area (Å²) in [6.07, 6.45) is 0.392. The molecule has 0 radical (unpaired) electrons. The number of halogens is 2. The van der Waals surface area contributed by atoms with Gasteiger partial charge in [-0.1, -0.05) is 36.4 Å². The second-order valence-electron chi connectivity index (χ2n) is 5.34. The average molecular weight is 336 g/mol. The summed E-state index contributed by atoms with van der Waals surface area (Å²) in [7, 11) is 1.58. The summed E-state index contributed by atoms with van der Waals surface area (Å²) in [4.78, 5) is 12.8. The van der Waals surface area contributed by atoms with Gasteiger partial charge in [0.1, 0.15) is 15.5 Å². The molecule has 1 amide bonds. The van der Waals surface area contributed by atoms with Crippen molar-refractivity contribution >= 4 is 34.8 Å². The SMILES string of the molecule is COc1cccc(NC(=O)C2(c3ccccc3)CC2(Cl)Cl)c1. The van der Waals surface area contributed by atoms with Crippen molar-refractivity contribution in [2.24, 2.45) is 0 Å². The predicted molar refractivity (Wildman–Crippen MR) is 88.8 cm³/mol. The molecule has 1 aliphatic carbocycles. The van der Waals surface area contributed by atoms with Gasteiger partial charge in [-0.05, 0) is 17.7 Å². The van der Waals surface area contributed by atoms with Crippen LogP contribution < -0.4 is 10.1 Å². The fourth-order valence-electron chi connectivity index (χ4n) is 2.64. The van der Waals surface area contributed by atoms with Crippen molar-refractivity contribution in [1.82, 2.24) is 0 Å². The van der Waals surface area contributed by atoms with Crippen LogP contribution in [-0.2, 0) is 10.2 Å². The van der Waals surface area contributed by atoms with Crippen LogP contribution in [0.5, 0.6) is 5.75 Å². The van der Waals surface area contributed by atoms with Crippen molar-refractivity contribution in [2.75, 3.05) is 12.4 Å². The third kappa shape index (κ3) is 2.44. The lowest BCUT2D eigenvalue weighted by Gasteiger charge is -2.18. The molecule has 0 aliphatic heterocycles. The molecular formula is C17H15Cl2NO2. The van der Waals surface area contributed by atoms with E-state index in [2.05, 4.69) is 5.32 Å². The van der Waals surface area contributed by atoms with E-state index in [4.69, 9.17) is 27.9 Å². The number of rotatable bonds is 4. The normalized spacial score (nSPS) is 22.0. The van der Waals surface area contributed by atoms with Gasteiger partial charge in [0.05, 0.1) is 7.11 Å². The van der Waals surface area contributed by atoms with Crippen LogP contribution >= 0.6 is 23.2 Å². The first-order valence-electron chi connectivity index (χ1n) is 6.88. The molecule has 3 nitrogen and oxygen atoms in total. The Hall–Kier alpha value is -1.71. The maximum absolute atomic E-state index is 12.8. The molecule has 114 valence electrons. The molecule has 2 aromatic rings. The number of carbonyl (C=O) groups excluding carboxylic acids is 1. The number of nitrogens with one attached hydrogen (secondary N) is 1. The molecule has 3 rings (SSSR count). The Morgan fingerprint density at radius 1 is 1.14 bits per heavy atom. The summed E-state index contributed by atoms with van der Waals surface area (Å²) in [6, 6.07) is 16.6. The van der Waals surface area contributed by atoms with Crippen LogP contribution in [0.3, 0.4) is 0 Å². The van der Waals surface area contributed by atoms with Crippen LogP contribution in [0, 0.1) is 0 Å². The molecule has 1 N–H and O–H groups in total. The molecule has 5 heteroatoms. The zero-order chi connectivity index (χ0) is 15.8. The number of amides is 1. The highest BCUT2D eigenvalue weighted by molar-refractivity contribution is 6.54. The lowest BCUT2D eigenvalue weighted by Crippen LogP contribution is -2.32. The monoisotopic (exact) mass is 335 g/mol. The topological polar surface area (TPSA) is 38.3 Å². The van der Waals surface area contributed by atoms with Crippen LogP contribution in [0.15, 0.2) is 54.6 Å². The van der Waals surface area contributed by atoms with E-state index in [0.717, 1.165) is 5.56 Å². The third-order valence-corrected chi connectivity index (χ3v) is 4.88. The Bertz CT molecular complexity index is 703. The third-order valence-electron chi connectivity index (χ3n) is 3.97. The van der Waals surface area contributed by atoms with Crippen molar-refractivity contribution in [1.29, 1.82) is 0 Å². The van der Waals surface area contributed by atoms with Crippen LogP contribution in [0.1, 0.15) is 12.0 Å². The largest absolute Gasteiger partial charge is 0.497 e. The zero-order valence-corrected chi connectivity index (χ0v) is 13.5. The first-order chi connectivity index (χ1) is 10.5. The zero-order valence-electron chi connectivity index (χ0n) is 12.0. The number of ether oxygens (including phenoxy) is 1. The maximum atomic E-state index is 12.8. The van der Waals surface area contributed by atoms with E-state index in [-0.39, 0.29) is 5.91 Å². The van der Waals surface area contributed by atoms with E-state index in [1.54, 1.807) is 19.2 Å². The molecule has 1 unspecified atom stereocenters. The minimum absolute atomic E-state index is 0.211. The Kier molecular flexibility index (Phi) is 3.79. The average Bonchev–Trinajstić information content (AvgIpc) is 3.12. The standard InChI is InChI=1S/C17H15Cl2NO2/c1-22-14-9-5-8-13(10-14)20-15(21)16(11-17(16,18)19)12-6-3-2-4-7-12/h2-10H,11H2,1H3,(H,20,21). The summed E-state index contributed by atoms with van der Waals surface area (Å²) in [6.45, 7) is 0. The van der Waals surface area contributed by atoms with E-state index in [0.29, 0.717) is 17.9 Å². The first kappa shape index (κ1) is 15.2. The highest BCUT2D eigenvalue weighted by Crippen LogP contribution is 2.65. The quantitative estimate of drug-likeness (QED) is 0.852. The number of alkyl halides is 2. The van der Waals surface area contributed by atoms with E-state index in [1.165, 1.54) is 0 Å². The molecule has 0 bridgehead atoms. The molecule has 1 fully saturated rings. The van der Waals surface area contributed by atoms with Gasteiger partial charge in [0.15, 0.2) is 0 Å². The summed E-state index contributed by atoms with van der Waals surface area (Å²) in [5, 5.41) is 2.89. The summed E-state index contributed by atoms with van der Waals surface area (Å²) in [5.41, 5.74) is 0.552. The lowest BCUT2D eigenvalue weighted by molar-refractivity contribution is -0.118. The number of anilines is 1. The van der Waals surface area contributed by atoms with Gasteiger partial charge < -0.3 is 10.1 Å². The summed E-state index contributed by atoms with van der Waals surface area (Å²) >= 11 is 12.6. The minimum atomic E-state index is -1.09. The molecule has 22 heavy (non-hydrogen) atoms. The van der Waals surface area contributed by atoms with Gasteiger partial charge in [-0.15, -0.1) is 23.2 Å². The molecule has 1 atom stereocenters. The molecule has 0 aromatic heterocycles.